The van der Waals surface area contributed by atoms with E-state index in [2.05, 4.69) is 112 Å². The summed E-state index contributed by atoms with van der Waals surface area (Å²) in [5, 5.41) is 0. The van der Waals surface area contributed by atoms with E-state index in [0.29, 0.717) is 0 Å². The fourth-order valence-electron chi connectivity index (χ4n) is 3.98. The lowest BCUT2D eigenvalue weighted by Crippen LogP contribution is -2.25. The minimum atomic E-state index is -0.148. The predicted molar refractivity (Wildman–Crippen MR) is 137 cm³/mol. The molecule has 0 spiro atoms. The van der Waals surface area contributed by atoms with Crippen molar-refractivity contribution in [2.75, 3.05) is 6.26 Å². The first-order valence-electron chi connectivity index (χ1n) is 11.2. The molecule has 0 aromatic heterocycles. The molecule has 0 N–H and O–H groups in total. The number of hydrogen-bond donors (Lipinski definition) is 0. The summed E-state index contributed by atoms with van der Waals surface area (Å²) in [5.41, 5.74) is 5.39. The second kappa shape index (κ2) is 9.30. The van der Waals surface area contributed by atoms with E-state index in [1.165, 1.54) is 32.0 Å². The fraction of sp³-hybridized carbons (Fsp3) is 0.536. The minimum absolute atomic E-state index is 0.0633. The van der Waals surface area contributed by atoms with Gasteiger partial charge in [0.1, 0.15) is 5.75 Å². The third-order valence-corrected chi connectivity index (χ3v) is 8.23. The van der Waals surface area contributed by atoms with Crippen LogP contribution in [-0.2, 0) is 17.3 Å². The lowest BCUT2D eigenvalue weighted by molar-refractivity contribution is 0.234. The first kappa shape index (κ1) is 24.7. The summed E-state index contributed by atoms with van der Waals surface area (Å²) in [7, 11) is 0.0774. The Labute approximate surface area is 188 Å². The zero-order valence-corrected chi connectivity index (χ0v) is 21.9. The van der Waals surface area contributed by atoms with Gasteiger partial charge in [0.05, 0.1) is 6.10 Å². The Hall–Kier alpha value is -1.54. The van der Waals surface area contributed by atoms with E-state index in [4.69, 9.17) is 4.74 Å². The zero-order valence-electron chi connectivity index (χ0n) is 21.1. The maximum absolute atomic E-state index is 6.61. The molecule has 2 rings (SSSR count). The van der Waals surface area contributed by atoms with Crippen molar-refractivity contribution in [1.29, 1.82) is 0 Å². The molecule has 0 saturated carbocycles. The van der Waals surface area contributed by atoms with Crippen molar-refractivity contribution in [2.24, 2.45) is 0 Å². The van der Waals surface area contributed by atoms with Gasteiger partial charge in [0, 0.05) is 21.4 Å². The topological polar surface area (TPSA) is 9.23 Å². The number of benzene rings is 2. The average Bonchev–Trinajstić information content (AvgIpc) is 2.65. The molecule has 0 aliphatic carbocycles. The Balaban J connectivity index is 3.04. The van der Waals surface area contributed by atoms with Crippen LogP contribution in [-0.4, -0.2) is 17.2 Å². The molecular formula is C28H42OS. The van der Waals surface area contributed by atoms with Gasteiger partial charge in [-0.15, -0.1) is 0 Å². The van der Waals surface area contributed by atoms with Crippen molar-refractivity contribution in [1.82, 2.24) is 0 Å². The minimum Gasteiger partial charge on any atom is -0.490 e. The molecule has 1 unspecified atom stereocenters. The Morgan fingerprint density at radius 1 is 0.967 bits per heavy atom. The molecule has 0 heterocycles. The van der Waals surface area contributed by atoms with Crippen LogP contribution in [0.15, 0.2) is 41.3 Å². The van der Waals surface area contributed by atoms with Gasteiger partial charge >= 0.3 is 0 Å². The van der Waals surface area contributed by atoms with Gasteiger partial charge < -0.3 is 4.74 Å². The maximum atomic E-state index is 6.61. The molecule has 0 aliphatic heterocycles. The molecule has 166 valence electrons. The molecule has 0 amide bonds. The van der Waals surface area contributed by atoms with Crippen molar-refractivity contribution >= 4 is 15.3 Å². The van der Waals surface area contributed by atoms with Gasteiger partial charge in [0.15, 0.2) is 0 Å². The normalized spacial score (nSPS) is 13.5. The number of rotatable bonds is 6. The SMILES string of the molecule is CCc1c(OC(C)C)c(C(C)(C)c2ccccc2)cc(C(C)(C)C)c1S(C)=C(C)C. The van der Waals surface area contributed by atoms with E-state index >= 15 is 0 Å². The second-order valence-electron chi connectivity index (χ2n) is 10.3. The van der Waals surface area contributed by atoms with Crippen LogP contribution in [0.25, 0.3) is 0 Å². The van der Waals surface area contributed by atoms with Gasteiger partial charge in [-0.1, -0.05) is 71.9 Å². The number of ether oxygens (including phenoxy) is 1. The maximum Gasteiger partial charge on any atom is 0.128 e. The highest BCUT2D eigenvalue weighted by molar-refractivity contribution is 8.15. The fourth-order valence-corrected chi connectivity index (χ4v) is 5.69. The highest BCUT2D eigenvalue weighted by atomic mass is 32.2. The van der Waals surface area contributed by atoms with E-state index in [9.17, 15) is 0 Å². The quantitative estimate of drug-likeness (QED) is 0.424. The third kappa shape index (κ3) is 5.02. The number of hydrogen-bond acceptors (Lipinski definition) is 1. The second-order valence-corrected chi connectivity index (χ2v) is 12.5. The summed E-state index contributed by atoms with van der Waals surface area (Å²) in [5.74, 6) is 1.10. The summed E-state index contributed by atoms with van der Waals surface area (Å²) in [6.45, 7) is 22.8. The zero-order chi connectivity index (χ0) is 22.9. The van der Waals surface area contributed by atoms with Gasteiger partial charge in [-0.3, -0.25) is 0 Å². The Morgan fingerprint density at radius 3 is 1.97 bits per heavy atom. The highest BCUT2D eigenvalue weighted by Crippen LogP contribution is 2.48. The molecule has 1 atom stereocenters. The molecular weight excluding hydrogens is 384 g/mol. The molecule has 30 heavy (non-hydrogen) atoms. The van der Waals surface area contributed by atoms with E-state index in [1.807, 2.05) is 0 Å². The van der Waals surface area contributed by atoms with Crippen LogP contribution >= 0.6 is 10.5 Å². The van der Waals surface area contributed by atoms with Gasteiger partial charge in [0.2, 0.25) is 0 Å². The molecule has 0 radical (unpaired) electrons. The first-order chi connectivity index (χ1) is 13.8. The van der Waals surface area contributed by atoms with E-state index in [-0.39, 0.29) is 27.4 Å². The van der Waals surface area contributed by atoms with E-state index < -0.39 is 0 Å². The van der Waals surface area contributed by atoms with Gasteiger partial charge in [-0.2, -0.15) is 10.5 Å². The molecule has 2 heteroatoms. The lowest BCUT2D eigenvalue weighted by atomic mass is 9.74. The molecule has 2 aromatic rings. The molecule has 0 bridgehead atoms. The molecule has 0 fully saturated rings. The van der Waals surface area contributed by atoms with Crippen LogP contribution in [0, 0.1) is 0 Å². The van der Waals surface area contributed by atoms with Crippen molar-refractivity contribution < 1.29 is 4.74 Å². The summed E-state index contributed by atoms with van der Waals surface area (Å²) in [6.07, 6.45) is 3.49. The van der Waals surface area contributed by atoms with E-state index in [0.717, 1.165) is 12.2 Å². The first-order valence-corrected chi connectivity index (χ1v) is 12.8. The average molecular weight is 427 g/mol. The Kier molecular flexibility index (Phi) is 7.67. The smallest absolute Gasteiger partial charge is 0.128 e. The largest absolute Gasteiger partial charge is 0.490 e. The van der Waals surface area contributed by atoms with Gasteiger partial charge in [-0.25, -0.2) is 0 Å². The summed E-state index contributed by atoms with van der Waals surface area (Å²) in [4.78, 5) is 2.97. The van der Waals surface area contributed by atoms with Crippen molar-refractivity contribution in [2.45, 2.75) is 97.5 Å². The molecule has 2 aromatic carbocycles. The lowest BCUT2D eigenvalue weighted by Gasteiger charge is -2.35. The van der Waals surface area contributed by atoms with Crippen LogP contribution in [0.4, 0.5) is 0 Å². The van der Waals surface area contributed by atoms with Crippen molar-refractivity contribution in [3.63, 3.8) is 0 Å². The summed E-state index contributed by atoms with van der Waals surface area (Å²) < 4.78 is 6.61. The highest BCUT2D eigenvalue weighted by Gasteiger charge is 2.33. The molecule has 0 aliphatic rings. The van der Waals surface area contributed by atoms with Crippen LogP contribution in [0.1, 0.15) is 91.5 Å². The van der Waals surface area contributed by atoms with Gasteiger partial charge in [-0.05, 0) is 67.8 Å². The molecule has 0 saturated heterocycles. The molecule has 1 nitrogen and oxygen atoms in total. The Bertz CT molecular complexity index is 908. The van der Waals surface area contributed by atoms with Crippen LogP contribution in [0.5, 0.6) is 5.75 Å². The van der Waals surface area contributed by atoms with Crippen molar-refractivity contribution in [3.05, 3.63) is 58.7 Å². The monoisotopic (exact) mass is 426 g/mol. The van der Waals surface area contributed by atoms with E-state index in [1.54, 1.807) is 0 Å². The standard InChI is InChI=1S/C28H42OS/c1-12-22-25(29-19(2)3)23(28(9,10)21-16-14-13-15-17-21)18-24(27(6,7)8)26(22)30(11)20(4)5/h13-19H,12H2,1-11H3. The summed E-state index contributed by atoms with van der Waals surface area (Å²) >= 11 is 0. The Morgan fingerprint density at radius 2 is 1.53 bits per heavy atom. The predicted octanol–water partition coefficient (Wildman–Crippen LogP) is 8.13. The van der Waals surface area contributed by atoms with Crippen LogP contribution < -0.4 is 4.74 Å². The van der Waals surface area contributed by atoms with Crippen LogP contribution in [0.3, 0.4) is 0 Å². The van der Waals surface area contributed by atoms with Crippen molar-refractivity contribution in [3.8, 4) is 5.75 Å². The summed E-state index contributed by atoms with van der Waals surface area (Å²) in [6, 6.07) is 13.3. The van der Waals surface area contributed by atoms with Crippen LogP contribution in [0.2, 0.25) is 0 Å². The van der Waals surface area contributed by atoms with Gasteiger partial charge in [0.25, 0.3) is 0 Å². The third-order valence-electron chi connectivity index (χ3n) is 5.93.